The van der Waals surface area contributed by atoms with Crippen LogP contribution in [0.25, 0.3) is 0 Å². The van der Waals surface area contributed by atoms with Crippen LogP contribution in [0.3, 0.4) is 0 Å². The maximum atomic E-state index is 11.6. The van der Waals surface area contributed by atoms with Gasteiger partial charge in [0, 0.05) is 13.0 Å². The Bertz CT molecular complexity index is 409. The number of unbranched alkanes of at least 4 members (excludes halogenated alkanes) is 1. The fourth-order valence-corrected chi connectivity index (χ4v) is 1.60. The van der Waals surface area contributed by atoms with E-state index in [0.717, 1.165) is 6.42 Å². The number of nitrogens with one attached hydrogen (secondary N) is 1. The summed E-state index contributed by atoms with van der Waals surface area (Å²) in [7, 11) is 0. The number of hydrogen-bond donors (Lipinski definition) is 2. The zero-order valence-electron chi connectivity index (χ0n) is 9.28. The predicted octanol–water partition coefficient (Wildman–Crippen LogP) is 1.23. The molecule has 17 heavy (non-hydrogen) atoms. The van der Waals surface area contributed by atoms with Gasteiger partial charge in [0.05, 0.1) is 0 Å². The molecule has 92 valence electrons. The molecule has 1 rings (SSSR count). The van der Waals surface area contributed by atoms with Crippen LogP contribution >= 0.6 is 15.9 Å². The Kier molecular flexibility index (Phi) is 5.62. The van der Waals surface area contributed by atoms with Gasteiger partial charge in [-0.25, -0.2) is 4.98 Å². The van der Waals surface area contributed by atoms with Crippen molar-refractivity contribution in [1.29, 1.82) is 0 Å². The largest absolute Gasteiger partial charge is 0.370 e. The van der Waals surface area contributed by atoms with Crippen molar-refractivity contribution < 1.29 is 9.59 Å². The topological polar surface area (TPSA) is 85.1 Å². The number of nitrogens with two attached hydrogens (primary N) is 1. The molecule has 2 amide bonds. The highest BCUT2D eigenvalue weighted by Gasteiger charge is 2.06. The zero-order valence-corrected chi connectivity index (χ0v) is 10.9. The first-order valence-corrected chi connectivity index (χ1v) is 6.08. The maximum Gasteiger partial charge on any atom is 0.269 e. The van der Waals surface area contributed by atoms with E-state index in [4.69, 9.17) is 5.73 Å². The Morgan fingerprint density at radius 1 is 1.35 bits per heavy atom. The van der Waals surface area contributed by atoms with E-state index in [0.29, 0.717) is 29.7 Å². The molecule has 0 bridgehead atoms. The first-order valence-electron chi connectivity index (χ1n) is 5.28. The molecule has 0 radical (unpaired) electrons. The molecule has 1 aromatic heterocycles. The fourth-order valence-electron chi connectivity index (χ4n) is 1.25. The number of halogens is 1. The number of carbonyl (C=O) groups is 2. The Balaban J connectivity index is 2.28. The average Bonchev–Trinajstić information content (AvgIpc) is 2.28. The molecule has 3 N–H and O–H groups in total. The Labute approximate surface area is 108 Å². The van der Waals surface area contributed by atoms with Gasteiger partial charge in [0.15, 0.2) is 0 Å². The van der Waals surface area contributed by atoms with Gasteiger partial charge in [0.2, 0.25) is 5.91 Å². The standard InChI is InChI=1S/C11H14BrN3O2/c12-9-5-3-4-8(15-9)11(17)14-7-2-1-6-10(13)16/h3-5H,1-2,6-7H2,(H2,13,16)(H,14,17). The summed E-state index contributed by atoms with van der Waals surface area (Å²) in [6.07, 6.45) is 1.76. The summed E-state index contributed by atoms with van der Waals surface area (Å²) in [4.78, 5) is 26.1. The quantitative estimate of drug-likeness (QED) is 0.612. The zero-order chi connectivity index (χ0) is 12.7. The second kappa shape index (κ2) is 7.01. The minimum Gasteiger partial charge on any atom is -0.370 e. The van der Waals surface area contributed by atoms with Crippen molar-refractivity contribution in [3.8, 4) is 0 Å². The van der Waals surface area contributed by atoms with E-state index in [-0.39, 0.29) is 11.8 Å². The second-order valence-corrected chi connectivity index (χ2v) is 4.34. The van der Waals surface area contributed by atoms with Crippen molar-refractivity contribution in [2.24, 2.45) is 5.73 Å². The van der Waals surface area contributed by atoms with E-state index in [1.165, 1.54) is 0 Å². The van der Waals surface area contributed by atoms with Crippen LogP contribution in [0.15, 0.2) is 22.8 Å². The normalized spacial score (nSPS) is 9.94. The fraction of sp³-hybridized carbons (Fsp3) is 0.364. The van der Waals surface area contributed by atoms with Gasteiger partial charge < -0.3 is 11.1 Å². The molecule has 5 nitrogen and oxygen atoms in total. The molecule has 0 spiro atoms. The van der Waals surface area contributed by atoms with Crippen molar-refractivity contribution in [3.05, 3.63) is 28.5 Å². The SMILES string of the molecule is NC(=O)CCCCNC(=O)c1cccc(Br)n1. The molecule has 0 unspecified atom stereocenters. The van der Waals surface area contributed by atoms with Gasteiger partial charge in [0.1, 0.15) is 10.3 Å². The molecule has 1 heterocycles. The number of pyridine rings is 1. The van der Waals surface area contributed by atoms with Crippen LogP contribution in [0.1, 0.15) is 29.8 Å². The molecule has 0 saturated heterocycles. The lowest BCUT2D eigenvalue weighted by Gasteiger charge is -2.04. The molecular formula is C11H14BrN3O2. The first kappa shape index (κ1) is 13.6. The number of hydrogen-bond acceptors (Lipinski definition) is 3. The van der Waals surface area contributed by atoms with Crippen LogP contribution in [0, 0.1) is 0 Å². The van der Waals surface area contributed by atoms with E-state index < -0.39 is 0 Å². The van der Waals surface area contributed by atoms with Gasteiger partial charge in [-0.1, -0.05) is 6.07 Å². The number of rotatable bonds is 6. The highest BCUT2D eigenvalue weighted by atomic mass is 79.9. The van der Waals surface area contributed by atoms with Crippen molar-refractivity contribution in [3.63, 3.8) is 0 Å². The molecule has 1 aromatic rings. The molecule has 0 fully saturated rings. The number of carbonyl (C=O) groups excluding carboxylic acids is 2. The van der Waals surface area contributed by atoms with Crippen LogP contribution in [-0.2, 0) is 4.79 Å². The third-order valence-electron chi connectivity index (χ3n) is 2.08. The third kappa shape index (κ3) is 5.44. The van der Waals surface area contributed by atoms with Crippen molar-refractivity contribution >= 4 is 27.7 Å². The minimum atomic E-state index is -0.315. The molecular weight excluding hydrogens is 286 g/mol. The number of amides is 2. The lowest BCUT2D eigenvalue weighted by Crippen LogP contribution is -2.25. The third-order valence-corrected chi connectivity index (χ3v) is 2.52. The summed E-state index contributed by atoms with van der Waals surface area (Å²) in [6, 6.07) is 5.15. The minimum absolute atomic E-state index is 0.217. The van der Waals surface area contributed by atoms with Crippen molar-refractivity contribution in [1.82, 2.24) is 10.3 Å². The molecule has 6 heteroatoms. The summed E-state index contributed by atoms with van der Waals surface area (Å²) >= 11 is 3.20. The highest BCUT2D eigenvalue weighted by molar-refractivity contribution is 9.10. The van der Waals surface area contributed by atoms with E-state index in [2.05, 4.69) is 26.2 Å². The van der Waals surface area contributed by atoms with E-state index >= 15 is 0 Å². The Morgan fingerprint density at radius 3 is 2.76 bits per heavy atom. The van der Waals surface area contributed by atoms with E-state index in [9.17, 15) is 9.59 Å². The molecule has 0 aliphatic carbocycles. The molecule has 0 aromatic carbocycles. The van der Waals surface area contributed by atoms with Crippen molar-refractivity contribution in [2.45, 2.75) is 19.3 Å². The summed E-state index contributed by atoms with van der Waals surface area (Å²) in [6.45, 7) is 0.514. The van der Waals surface area contributed by atoms with Gasteiger partial charge >= 0.3 is 0 Å². The summed E-state index contributed by atoms with van der Waals surface area (Å²) in [5.41, 5.74) is 5.37. The number of nitrogens with zero attached hydrogens (tertiary/aromatic N) is 1. The van der Waals surface area contributed by atoms with Crippen LogP contribution in [0.5, 0.6) is 0 Å². The first-order chi connectivity index (χ1) is 8.09. The summed E-state index contributed by atoms with van der Waals surface area (Å²) < 4.78 is 0.624. The molecule has 0 saturated carbocycles. The van der Waals surface area contributed by atoms with Crippen LogP contribution in [0.2, 0.25) is 0 Å². The average molecular weight is 300 g/mol. The van der Waals surface area contributed by atoms with Crippen LogP contribution in [0.4, 0.5) is 0 Å². The van der Waals surface area contributed by atoms with Gasteiger partial charge in [-0.15, -0.1) is 0 Å². The Hall–Kier alpha value is -1.43. The summed E-state index contributed by atoms with van der Waals surface area (Å²) in [5, 5.41) is 2.73. The van der Waals surface area contributed by atoms with Gasteiger partial charge in [0.25, 0.3) is 5.91 Å². The Morgan fingerprint density at radius 2 is 2.12 bits per heavy atom. The predicted molar refractivity (Wildman–Crippen MR) is 67.3 cm³/mol. The van der Waals surface area contributed by atoms with Gasteiger partial charge in [-0.3, -0.25) is 9.59 Å². The van der Waals surface area contributed by atoms with Crippen LogP contribution < -0.4 is 11.1 Å². The maximum absolute atomic E-state index is 11.6. The monoisotopic (exact) mass is 299 g/mol. The number of aromatic nitrogens is 1. The molecule has 0 aliphatic rings. The second-order valence-electron chi connectivity index (χ2n) is 3.52. The van der Waals surface area contributed by atoms with E-state index in [1.807, 2.05) is 0 Å². The molecule has 0 atom stereocenters. The smallest absolute Gasteiger partial charge is 0.269 e. The van der Waals surface area contributed by atoms with E-state index in [1.54, 1.807) is 18.2 Å². The lowest BCUT2D eigenvalue weighted by atomic mass is 10.2. The lowest BCUT2D eigenvalue weighted by molar-refractivity contribution is -0.118. The van der Waals surface area contributed by atoms with Gasteiger partial charge in [-0.2, -0.15) is 0 Å². The van der Waals surface area contributed by atoms with Gasteiger partial charge in [-0.05, 0) is 40.9 Å². The number of primary amides is 1. The van der Waals surface area contributed by atoms with Crippen LogP contribution in [-0.4, -0.2) is 23.3 Å². The summed E-state index contributed by atoms with van der Waals surface area (Å²) in [5.74, 6) is -0.532. The highest BCUT2D eigenvalue weighted by Crippen LogP contribution is 2.06. The molecule has 0 aliphatic heterocycles. The van der Waals surface area contributed by atoms with Crippen molar-refractivity contribution in [2.75, 3.05) is 6.54 Å².